The van der Waals surface area contributed by atoms with Crippen LogP contribution in [-0.4, -0.2) is 14.6 Å². The Hall–Kier alpha value is -1.04. The van der Waals surface area contributed by atoms with Gasteiger partial charge in [0.1, 0.15) is 0 Å². The van der Waals surface area contributed by atoms with Crippen LogP contribution in [0.3, 0.4) is 0 Å². The van der Waals surface area contributed by atoms with Gasteiger partial charge in [-0.25, -0.2) is 0 Å². The Morgan fingerprint density at radius 1 is 1.12 bits per heavy atom. The highest BCUT2D eigenvalue weighted by Crippen LogP contribution is 2.04. The lowest BCUT2D eigenvalue weighted by molar-refractivity contribution is 0.701. The molecule has 0 radical (unpaired) electrons. The third-order valence-electron chi connectivity index (χ3n) is 2.75. The number of nitrogens with one attached hydrogen (secondary N) is 1. The van der Waals surface area contributed by atoms with E-state index < -0.39 is 8.07 Å². The van der Waals surface area contributed by atoms with Crippen molar-refractivity contribution in [2.75, 3.05) is 6.54 Å². The molecule has 2 heteroatoms. The molecule has 1 N–H and O–H groups in total. The molecule has 0 aliphatic rings. The van der Waals surface area contributed by atoms with Crippen LogP contribution in [0.15, 0.2) is 24.3 Å². The van der Waals surface area contributed by atoms with E-state index >= 15 is 0 Å². The number of benzene rings is 1. The van der Waals surface area contributed by atoms with E-state index in [4.69, 9.17) is 0 Å². The molecule has 1 aromatic rings. The molecule has 92 valence electrons. The van der Waals surface area contributed by atoms with E-state index in [0.717, 1.165) is 19.5 Å². The third-order valence-corrected chi connectivity index (χ3v) is 4.82. The zero-order chi connectivity index (χ0) is 12.7. The van der Waals surface area contributed by atoms with Crippen LogP contribution < -0.4 is 10.5 Å². The molecule has 0 heterocycles. The van der Waals surface area contributed by atoms with Crippen LogP contribution >= 0.6 is 0 Å². The van der Waals surface area contributed by atoms with Crippen molar-refractivity contribution in [3.05, 3.63) is 29.8 Å². The third kappa shape index (κ3) is 5.21. The topological polar surface area (TPSA) is 12.0 Å². The predicted octanol–water partition coefficient (Wildman–Crippen LogP) is 2.73. The maximum Gasteiger partial charge on any atom is 0.0775 e. The SMILES string of the molecule is CC#CCCNCc1ccc([Si](C)(C)C)cc1. The Morgan fingerprint density at radius 3 is 2.29 bits per heavy atom. The summed E-state index contributed by atoms with van der Waals surface area (Å²) in [4.78, 5) is 0. The molecule has 0 unspecified atom stereocenters. The average molecular weight is 245 g/mol. The summed E-state index contributed by atoms with van der Waals surface area (Å²) in [5.74, 6) is 5.96. The summed E-state index contributed by atoms with van der Waals surface area (Å²) in [6, 6.07) is 9.06. The van der Waals surface area contributed by atoms with Crippen LogP contribution in [-0.2, 0) is 6.54 Å². The lowest BCUT2D eigenvalue weighted by atomic mass is 10.2. The van der Waals surface area contributed by atoms with Crippen LogP contribution in [0.1, 0.15) is 18.9 Å². The minimum Gasteiger partial charge on any atom is -0.312 e. The average Bonchev–Trinajstić information content (AvgIpc) is 2.28. The Bertz CT molecular complexity index is 390. The normalized spacial score (nSPS) is 10.8. The van der Waals surface area contributed by atoms with E-state index in [1.54, 1.807) is 0 Å². The highest BCUT2D eigenvalue weighted by Gasteiger charge is 2.15. The predicted molar refractivity (Wildman–Crippen MR) is 79.2 cm³/mol. The van der Waals surface area contributed by atoms with Crippen molar-refractivity contribution >= 4 is 13.3 Å². The van der Waals surface area contributed by atoms with Gasteiger partial charge >= 0.3 is 0 Å². The summed E-state index contributed by atoms with van der Waals surface area (Å²) in [5.41, 5.74) is 1.36. The minimum atomic E-state index is -1.14. The van der Waals surface area contributed by atoms with Gasteiger partial charge in [-0.2, -0.15) is 0 Å². The second kappa shape index (κ2) is 6.63. The van der Waals surface area contributed by atoms with Crippen LogP contribution in [0.2, 0.25) is 19.6 Å². The van der Waals surface area contributed by atoms with E-state index in [9.17, 15) is 0 Å². The maximum absolute atomic E-state index is 3.40. The molecule has 0 atom stereocenters. The van der Waals surface area contributed by atoms with Gasteiger partial charge in [-0.3, -0.25) is 0 Å². The molecule has 0 aliphatic carbocycles. The maximum atomic E-state index is 3.40. The molecule has 0 aromatic heterocycles. The van der Waals surface area contributed by atoms with Gasteiger partial charge < -0.3 is 5.32 Å². The van der Waals surface area contributed by atoms with Gasteiger partial charge in [0.2, 0.25) is 0 Å². The fourth-order valence-electron chi connectivity index (χ4n) is 1.63. The lowest BCUT2D eigenvalue weighted by Gasteiger charge is -2.16. The Morgan fingerprint density at radius 2 is 1.76 bits per heavy atom. The van der Waals surface area contributed by atoms with Gasteiger partial charge in [0.25, 0.3) is 0 Å². The monoisotopic (exact) mass is 245 g/mol. The van der Waals surface area contributed by atoms with Gasteiger partial charge in [-0.1, -0.05) is 49.1 Å². The summed E-state index contributed by atoms with van der Waals surface area (Å²) in [6.45, 7) is 10.9. The molecule has 0 saturated heterocycles. The summed E-state index contributed by atoms with van der Waals surface area (Å²) in [6.07, 6.45) is 0.934. The largest absolute Gasteiger partial charge is 0.312 e. The fourth-order valence-corrected chi connectivity index (χ4v) is 2.80. The summed E-state index contributed by atoms with van der Waals surface area (Å²) in [5, 5.41) is 4.93. The van der Waals surface area contributed by atoms with Crippen molar-refractivity contribution < 1.29 is 0 Å². The van der Waals surface area contributed by atoms with Crippen molar-refractivity contribution in [2.45, 2.75) is 39.5 Å². The Balaban J connectivity index is 2.42. The first-order valence-electron chi connectivity index (χ1n) is 6.24. The van der Waals surface area contributed by atoms with Crippen LogP contribution in [0.5, 0.6) is 0 Å². The van der Waals surface area contributed by atoms with Crippen LogP contribution in [0, 0.1) is 11.8 Å². The first kappa shape index (κ1) is 14.0. The van der Waals surface area contributed by atoms with Gasteiger partial charge in [0, 0.05) is 19.5 Å². The molecule has 0 bridgehead atoms. The van der Waals surface area contributed by atoms with Crippen LogP contribution in [0.25, 0.3) is 0 Å². The van der Waals surface area contributed by atoms with Crippen molar-refractivity contribution in [1.29, 1.82) is 0 Å². The number of rotatable bonds is 5. The molecule has 1 aromatic carbocycles. The van der Waals surface area contributed by atoms with E-state index in [0.29, 0.717) is 0 Å². The number of hydrogen-bond acceptors (Lipinski definition) is 1. The molecule has 0 aliphatic heterocycles. The summed E-state index contributed by atoms with van der Waals surface area (Å²) < 4.78 is 0. The Kier molecular flexibility index (Phi) is 5.47. The van der Waals surface area contributed by atoms with E-state index in [-0.39, 0.29) is 0 Å². The van der Waals surface area contributed by atoms with Gasteiger partial charge in [0.05, 0.1) is 8.07 Å². The lowest BCUT2D eigenvalue weighted by Crippen LogP contribution is -2.37. The van der Waals surface area contributed by atoms with E-state index in [1.165, 1.54) is 10.8 Å². The van der Waals surface area contributed by atoms with Gasteiger partial charge in [-0.05, 0) is 12.5 Å². The highest BCUT2D eigenvalue weighted by molar-refractivity contribution is 6.88. The fraction of sp³-hybridized carbons (Fsp3) is 0.467. The molecule has 17 heavy (non-hydrogen) atoms. The zero-order valence-corrected chi connectivity index (χ0v) is 12.4. The molecule has 0 saturated carbocycles. The van der Waals surface area contributed by atoms with Gasteiger partial charge in [-0.15, -0.1) is 11.8 Å². The van der Waals surface area contributed by atoms with E-state index in [2.05, 4.69) is 61.1 Å². The van der Waals surface area contributed by atoms with Crippen molar-refractivity contribution in [3.8, 4) is 11.8 Å². The quantitative estimate of drug-likeness (QED) is 0.478. The standard InChI is InChI=1S/C15H23NSi/c1-5-6-7-12-16-13-14-8-10-15(11-9-14)17(2,3)4/h8-11,16H,7,12-13H2,1-4H3. The first-order valence-corrected chi connectivity index (χ1v) is 9.74. The molecule has 0 amide bonds. The first-order chi connectivity index (χ1) is 8.04. The molecule has 0 spiro atoms. The molecule has 0 fully saturated rings. The molecule has 1 nitrogen and oxygen atoms in total. The summed E-state index contributed by atoms with van der Waals surface area (Å²) >= 11 is 0. The molecular formula is C15H23NSi. The smallest absolute Gasteiger partial charge is 0.0775 e. The second-order valence-electron chi connectivity index (χ2n) is 5.30. The van der Waals surface area contributed by atoms with E-state index in [1.807, 2.05) is 6.92 Å². The van der Waals surface area contributed by atoms with Crippen molar-refractivity contribution in [2.24, 2.45) is 0 Å². The van der Waals surface area contributed by atoms with Crippen molar-refractivity contribution in [1.82, 2.24) is 5.32 Å². The minimum absolute atomic E-state index is 0.934. The molecule has 1 rings (SSSR count). The van der Waals surface area contributed by atoms with Gasteiger partial charge in [0.15, 0.2) is 0 Å². The second-order valence-corrected chi connectivity index (χ2v) is 10.4. The Labute approximate surface area is 107 Å². The summed E-state index contributed by atoms with van der Waals surface area (Å²) in [7, 11) is -1.14. The highest BCUT2D eigenvalue weighted by atomic mass is 28.3. The molecular weight excluding hydrogens is 222 g/mol. The van der Waals surface area contributed by atoms with Crippen molar-refractivity contribution in [3.63, 3.8) is 0 Å². The number of hydrogen-bond donors (Lipinski definition) is 1. The van der Waals surface area contributed by atoms with Crippen LogP contribution in [0.4, 0.5) is 0 Å². The zero-order valence-electron chi connectivity index (χ0n) is 11.4.